The highest BCUT2D eigenvalue weighted by Crippen LogP contribution is 2.52. The lowest BCUT2D eigenvalue weighted by Crippen LogP contribution is -2.16. The van der Waals surface area contributed by atoms with Crippen molar-refractivity contribution in [3.63, 3.8) is 0 Å². The largest absolute Gasteiger partial charge is 0.310 e. The summed E-state index contributed by atoms with van der Waals surface area (Å²) in [5.74, 6) is 0. The van der Waals surface area contributed by atoms with Crippen molar-refractivity contribution in [1.82, 2.24) is 4.57 Å². The molecule has 1 aromatic heterocycles. The molecule has 0 unspecified atom stereocenters. The smallest absolute Gasteiger partial charge is 0.0553 e. The Labute approximate surface area is 424 Å². The van der Waals surface area contributed by atoms with E-state index in [4.69, 9.17) is 0 Å². The van der Waals surface area contributed by atoms with Gasteiger partial charge in [-0.3, -0.25) is 0 Å². The second-order valence-corrected chi connectivity index (χ2v) is 20.5. The molecule has 0 radical (unpaired) electrons. The Hall–Kier alpha value is -9.24. The van der Waals surface area contributed by atoms with Crippen LogP contribution in [-0.2, 0) is 5.41 Å². The van der Waals surface area contributed by atoms with Crippen molar-refractivity contribution in [1.29, 1.82) is 0 Å². The van der Waals surface area contributed by atoms with Crippen molar-refractivity contribution in [3.8, 4) is 50.2 Å². The number of hydrogen-bond acceptors (Lipinski definition) is 1. The third-order valence-electron chi connectivity index (χ3n) is 16.1. The molecular weight excluding hydrogens is 881 g/mol. The molecule has 0 spiro atoms. The number of benzene rings is 13. The number of nitrogens with zero attached hydrogens (tertiary/aromatic N) is 2. The first kappa shape index (κ1) is 41.5. The fraction of sp³-hybridized carbons (Fsp3) is 0.0423. The van der Waals surface area contributed by atoms with Crippen molar-refractivity contribution in [3.05, 3.63) is 266 Å². The number of fused-ring (bicyclic) bond motifs is 8. The average Bonchev–Trinajstić information content (AvgIpc) is 3.93. The van der Waals surface area contributed by atoms with Crippen LogP contribution >= 0.6 is 0 Å². The maximum absolute atomic E-state index is 2.51. The summed E-state index contributed by atoms with van der Waals surface area (Å²) in [6.07, 6.45) is 0. The van der Waals surface area contributed by atoms with Crippen molar-refractivity contribution >= 4 is 82.0 Å². The SMILES string of the molecule is CC1(C)c2cc(-c3ccc4c5c6ccc7cccc8ccc(cc5n(-c5ccc9ccccc9c5)c4c3)c6c87)ccc2-c2ccc(N(c3ccc(-c4ccccc4)cc3)c3ccc(-c4ccccc4)cc3)cc21. The van der Waals surface area contributed by atoms with E-state index in [2.05, 4.69) is 278 Å². The summed E-state index contributed by atoms with van der Waals surface area (Å²) < 4.78 is 2.51. The van der Waals surface area contributed by atoms with E-state index < -0.39 is 0 Å². The van der Waals surface area contributed by atoms with Crippen LogP contribution in [0.4, 0.5) is 17.1 Å². The minimum absolute atomic E-state index is 0.252. The fourth-order valence-corrected chi connectivity index (χ4v) is 12.4. The summed E-state index contributed by atoms with van der Waals surface area (Å²) in [5.41, 5.74) is 19.2. The summed E-state index contributed by atoms with van der Waals surface area (Å²) in [4.78, 5) is 2.41. The maximum atomic E-state index is 2.51. The molecule has 0 aliphatic heterocycles. The van der Waals surface area contributed by atoms with Gasteiger partial charge in [-0.1, -0.05) is 202 Å². The van der Waals surface area contributed by atoms with Crippen LogP contribution in [0.5, 0.6) is 0 Å². The predicted molar refractivity (Wildman–Crippen MR) is 311 cm³/mol. The van der Waals surface area contributed by atoms with Gasteiger partial charge in [0, 0.05) is 38.9 Å². The van der Waals surface area contributed by atoms with E-state index in [1.54, 1.807) is 0 Å². The molecule has 0 saturated carbocycles. The van der Waals surface area contributed by atoms with E-state index in [-0.39, 0.29) is 5.41 Å². The van der Waals surface area contributed by atoms with Gasteiger partial charge in [0.2, 0.25) is 0 Å². The molecule has 2 heteroatoms. The molecule has 14 aromatic rings. The third kappa shape index (κ3) is 6.43. The van der Waals surface area contributed by atoms with Crippen LogP contribution in [0.15, 0.2) is 255 Å². The second-order valence-electron chi connectivity index (χ2n) is 20.5. The van der Waals surface area contributed by atoms with Crippen LogP contribution in [0.2, 0.25) is 0 Å². The molecule has 0 bridgehead atoms. The van der Waals surface area contributed by atoms with Gasteiger partial charge in [-0.15, -0.1) is 0 Å². The topological polar surface area (TPSA) is 8.17 Å². The Morgan fingerprint density at radius 2 is 0.808 bits per heavy atom. The second kappa shape index (κ2) is 15.9. The zero-order valence-corrected chi connectivity index (χ0v) is 40.6. The fourth-order valence-electron chi connectivity index (χ4n) is 12.4. The molecule has 0 amide bonds. The first-order valence-electron chi connectivity index (χ1n) is 25.5. The molecular formula is C71H48N2. The minimum Gasteiger partial charge on any atom is -0.310 e. The van der Waals surface area contributed by atoms with E-state index >= 15 is 0 Å². The van der Waals surface area contributed by atoms with Gasteiger partial charge >= 0.3 is 0 Å². The lowest BCUT2D eigenvalue weighted by atomic mass is 9.81. The van der Waals surface area contributed by atoms with Gasteiger partial charge in [0.1, 0.15) is 0 Å². The van der Waals surface area contributed by atoms with Crippen LogP contribution in [0.3, 0.4) is 0 Å². The first-order chi connectivity index (χ1) is 35.9. The molecule has 1 aliphatic carbocycles. The van der Waals surface area contributed by atoms with E-state index in [1.807, 2.05) is 0 Å². The van der Waals surface area contributed by atoms with Crippen LogP contribution in [-0.4, -0.2) is 4.57 Å². The molecule has 342 valence electrons. The summed E-state index contributed by atoms with van der Waals surface area (Å²) in [7, 11) is 0. The average molecular weight is 929 g/mol. The maximum Gasteiger partial charge on any atom is 0.0553 e. The van der Waals surface area contributed by atoms with Gasteiger partial charge in [-0.2, -0.15) is 0 Å². The quantitative estimate of drug-likeness (QED) is 0.145. The van der Waals surface area contributed by atoms with Crippen molar-refractivity contribution in [2.24, 2.45) is 0 Å². The molecule has 0 atom stereocenters. The molecule has 13 aromatic carbocycles. The van der Waals surface area contributed by atoms with Crippen LogP contribution < -0.4 is 4.90 Å². The highest BCUT2D eigenvalue weighted by atomic mass is 15.1. The third-order valence-corrected chi connectivity index (χ3v) is 16.1. The highest BCUT2D eigenvalue weighted by molar-refractivity contribution is 6.33. The summed E-state index contributed by atoms with van der Waals surface area (Å²) >= 11 is 0. The molecule has 2 nitrogen and oxygen atoms in total. The van der Waals surface area contributed by atoms with E-state index in [1.165, 1.54) is 126 Å². The van der Waals surface area contributed by atoms with Gasteiger partial charge in [0.15, 0.2) is 0 Å². The number of anilines is 3. The number of aromatic nitrogens is 1. The summed E-state index contributed by atoms with van der Waals surface area (Å²) in [5, 5.41) is 12.9. The number of rotatable bonds is 7. The Balaban J connectivity index is 0.857. The van der Waals surface area contributed by atoms with Crippen molar-refractivity contribution < 1.29 is 0 Å². The molecule has 0 N–H and O–H groups in total. The Morgan fingerprint density at radius 3 is 1.51 bits per heavy atom. The minimum atomic E-state index is -0.252. The Morgan fingerprint density at radius 1 is 0.301 bits per heavy atom. The highest BCUT2D eigenvalue weighted by Gasteiger charge is 2.36. The van der Waals surface area contributed by atoms with Crippen LogP contribution in [0.1, 0.15) is 25.0 Å². The zero-order chi connectivity index (χ0) is 48.4. The standard InChI is InChI=1S/C71H48N2/c1-71(2)64-41-53(28-36-60(64)61-39-35-59(44-65(61)71)72(56-30-22-48(23-31-56)45-12-5-3-6-13-45)57-32-24-49(25-33-57)46-14-7-4-8-15-46)54-29-37-62-66(42-54)73(58-34-26-47-16-9-10-17-52(47)40-58)67-43-55-21-20-50-18-11-19-51-27-38-63(70(62)67)69(55)68(50)51/h3-44H,1-2H3. The first-order valence-corrected chi connectivity index (χ1v) is 25.5. The lowest BCUT2D eigenvalue weighted by Gasteiger charge is -2.28. The molecule has 1 aliphatic rings. The van der Waals surface area contributed by atoms with Gasteiger partial charge in [-0.05, 0) is 165 Å². The van der Waals surface area contributed by atoms with Crippen LogP contribution in [0, 0.1) is 0 Å². The van der Waals surface area contributed by atoms with Crippen molar-refractivity contribution in [2.45, 2.75) is 19.3 Å². The number of hydrogen-bond donors (Lipinski definition) is 0. The van der Waals surface area contributed by atoms with Gasteiger partial charge in [-0.25, -0.2) is 0 Å². The predicted octanol–water partition coefficient (Wildman–Crippen LogP) is 19.6. The van der Waals surface area contributed by atoms with E-state index in [0.717, 1.165) is 17.1 Å². The van der Waals surface area contributed by atoms with E-state index in [0.29, 0.717) is 0 Å². The zero-order valence-electron chi connectivity index (χ0n) is 40.6. The summed E-state index contributed by atoms with van der Waals surface area (Å²) in [6, 6.07) is 94.7. The van der Waals surface area contributed by atoms with Gasteiger partial charge in [0.05, 0.1) is 11.0 Å². The Kier molecular flexibility index (Phi) is 9.04. The van der Waals surface area contributed by atoms with E-state index in [9.17, 15) is 0 Å². The lowest BCUT2D eigenvalue weighted by molar-refractivity contribution is 0.660. The molecule has 0 fully saturated rings. The van der Waals surface area contributed by atoms with Gasteiger partial charge < -0.3 is 9.47 Å². The molecule has 0 saturated heterocycles. The molecule has 73 heavy (non-hydrogen) atoms. The Bertz CT molecular complexity index is 4390. The van der Waals surface area contributed by atoms with Crippen LogP contribution in [0.25, 0.3) is 115 Å². The molecule has 15 rings (SSSR count). The normalized spacial score (nSPS) is 12.9. The monoisotopic (exact) mass is 928 g/mol. The van der Waals surface area contributed by atoms with Gasteiger partial charge in [0.25, 0.3) is 0 Å². The van der Waals surface area contributed by atoms with Crippen molar-refractivity contribution in [2.75, 3.05) is 4.90 Å². The summed E-state index contributed by atoms with van der Waals surface area (Å²) in [6.45, 7) is 4.80. The molecule has 1 heterocycles.